The Bertz CT molecular complexity index is 4610. The number of nitrogens with zero attached hydrogens (tertiary/aromatic N) is 2. The average molecular weight is 1420 g/mol. The minimum Gasteiger partial charge on any atom is -0.463 e. The second kappa shape index (κ2) is 29.9. The fourth-order valence-corrected chi connectivity index (χ4v) is 14.4. The van der Waals surface area contributed by atoms with E-state index in [0.29, 0.717) is 92.7 Å². The maximum atomic E-state index is 16.5. The normalized spacial score (nSPS) is 16.0. The molecule has 0 aromatic heterocycles. The van der Waals surface area contributed by atoms with Gasteiger partial charge in [-0.05, 0) is 130 Å². The van der Waals surface area contributed by atoms with Crippen molar-refractivity contribution in [3.63, 3.8) is 0 Å². The van der Waals surface area contributed by atoms with Crippen LogP contribution in [0, 0.1) is 0 Å². The maximum absolute atomic E-state index is 16.5. The van der Waals surface area contributed by atoms with Crippen molar-refractivity contribution in [2.45, 2.75) is 116 Å². The van der Waals surface area contributed by atoms with Crippen LogP contribution in [0.25, 0.3) is 43.1 Å². The molecule has 0 aliphatic carbocycles. The van der Waals surface area contributed by atoms with Gasteiger partial charge in [0.05, 0.1) is 47.7 Å². The molecule has 4 aliphatic rings. The number of nitrogens with one attached hydrogen (secondary N) is 2. The zero-order valence-corrected chi connectivity index (χ0v) is 60.6. The van der Waals surface area contributed by atoms with Crippen LogP contribution in [0.1, 0.15) is 154 Å². The summed E-state index contributed by atoms with van der Waals surface area (Å²) < 4.78 is 52.2. The zero-order valence-electron chi connectivity index (χ0n) is 60.6. The van der Waals surface area contributed by atoms with Crippen LogP contribution in [0.4, 0.5) is 0 Å². The molecule has 0 saturated carbocycles. The van der Waals surface area contributed by atoms with E-state index >= 15 is 28.8 Å². The Morgan fingerprint density at radius 1 is 0.377 bits per heavy atom. The van der Waals surface area contributed by atoms with Gasteiger partial charge in [-0.25, -0.2) is 9.59 Å². The lowest BCUT2D eigenvalue weighted by Crippen LogP contribution is -2.52. The Morgan fingerprint density at radius 2 is 0.642 bits per heavy atom. The number of hydrogen-bond acceptors (Lipinski definition) is 16. The molecule has 4 heterocycles. The Hall–Kier alpha value is -11.0. The number of epoxide rings is 2. The van der Waals surface area contributed by atoms with Gasteiger partial charge in [-0.2, -0.15) is 0 Å². The van der Waals surface area contributed by atoms with Crippen molar-refractivity contribution in [3.8, 4) is 46.0 Å². The van der Waals surface area contributed by atoms with Gasteiger partial charge >= 0.3 is 11.9 Å². The quantitative estimate of drug-likeness (QED) is 0.0107. The number of benzene rings is 11. The van der Waals surface area contributed by atoms with Gasteiger partial charge in [0.2, 0.25) is 0 Å². The Balaban J connectivity index is 1.04. The molecule has 0 spiro atoms. The molecule has 106 heavy (non-hydrogen) atoms. The maximum Gasteiger partial charge on any atom is 0.329 e. The predicted molar refractivity (Wildman–Crippen MR) is 406 cm³/mol. The van der Waals surface area contributed by atoms with Gasteiger partial charge in [-0.1, -0.05) is 165 Å². The highest BCUT2D eigenvalue weighted by molar-refractivity contribution is 6.45. The van der Waals surface area contributed by atoms with Crippen LogP contribution in [0.15, 0.2) is 182 Å². The zero-order chi connectivity index (χ0) is 73.6. The van der Waals surface area contributed by atoms with Crippen molar-refractivity contribution in [2.75, 3.05) is 52.6 Å². The molecule has 0 radical (unpaired) electrons. The monoisotopic (exact) mass is 1420 g/mol. The summed E-state index contributed by atoms with van der Waals surface area (Å²) in [4.78, 5) is 98.2. The summed E-state index contributed by atoms with van der Waals surface area (Å²) in [7, 11) is 0. The first-order valence-electron chi connectivity index (χ1n) is 36.6. The van der Waals surface area contributed by atoms with E-state index in [2.05, 4.69) is 66.0 Å². The number of amides is 4. The Morgan fingerprint density at radius 3 is 0.887 bits per heavy atom. The molecule has 2 saturated heterocycles. The predicted octanol–water partition coefficient (Wildman–Crippen LogP) is 16.9. The number of carbonyl (C=O) groups is 6. The van der Waals surface area contributed by atoms with Gasteiger partial charge in [0.25, 0.3) is 23.6 Å². The van der Waals surface area contributed by atoms with Gasteiger partial charge in [-0.15, -0.1) is 0 Å². The first-order chi connectivity index (χ1) is 51.3. The first kappa shape index (κ1) is 70.6. The fourth-order valence-electron chi connectivity index (χ4n) is 14.4. The van der Waals surface area contributed by atoms with Crippen LogP contribution in [0.2, 0.25) is 0 Å². The van der Waals surface area contributed by atoms with Crippen LogP contribution in [0.5, 0.6) is 46.0 Å². The van der Waals surface area contributed by atoms with Gasteiger partial charge in [0, 0.05) is 82.1 Å². The van der Waals surface area contributed by atoms with E-state index in [1.807, 2.05) is 158 Å². The van der Waals surface area contributed by atoms with Crippen molar-refractivity contribution in [1.82, 2.24) is 20.4 Å². The van der Waals surface area contributed by atoms with Crippen LogP contribution in [-0.4, -0.2) is 122 Å². The molecule has 18 nitrogen and oxygen atoms in total. The summed E-state index contributed by atoms with van der Waals surface area (Å²) in [5.74, 6) is -2.36. The van der Waals surface area contributed by atoms with E-state index in [9.17, 15) is 0 Å². The third-order valence-corrected chi connectivity index (χ3v) is 20.4. The number of esters is 2. The number of carbonyl (C=O) groups excluding carboxylic acids is 6. The minimum absolute atomic E-state index is 0.00536. The van der Waals surface area contributed by atoms with Gasteiger partial charge in [0.1, 0.15) is 71.3 Å². The van der Waals surface area contributed by atoms with Crippen molar-refractivity contribution in [1.29, 1.82) is 0 Å². The van der Waals surface area contributed by atoms with Gasteiger partial charge in [-0.3, -0.25) is 29.0 Å². The fraction of sp³-hybridized carbons (Fsp3) is 0.295. The third-order valence-electron chi connectivity index (χ3n) is 20.4. The summed E-state index contributed by atoms with van der Waals surface area (Å²) >= 11 is 0. The SMILES string of the molecule is CC(C)c1ccc(Oc2cc3c4c(cc(Oc5ccc(C(C)C)cc5)c5c6c(Oc7ccc(C(C)C)cc7)cc7c8c(cc(Oc9ccc(C(C)C)cc9)c(c2c45)c86)C(=O)N(C(Cc2ccccc2)C(=O)OCCNCC2CO2)C7=O)C(=O)N(C(Cc2ccccc2)C(=O)OCCNCC2CO2)C3=O)cc1. The molecule has 2 N–H and O–H groups in total. The summed E-state index contributed by atoms with van der Waals surface area (Å²) in [6.07, 6.45) is -0.0390. The summed E-state index contributed by atoms with van der Waals surface area (Å²) in [6.45, 7) is 19.6. The highest BCUT2D eigenvalue weighted by atomic mass is 16.6. The number of rotatable bonds is 30. The lowest BCUT2D eigenvalue weighted by atomic mass is 9.80. The van der Waals surface area contributed by atoms with E-state index in [1.54, 1.807) is 24.3 Å². The number of hydrogen-bond donors (Lipinski definition) is 2. The molecule has 0 bridgehead atoms. The molecule has 18 heteroatoms. The van der Waals surface area contributed by atoms with Crippen molar-refractivity contribution < 1.29 is 66.7 Å². The number of ether oxygens (including phenoxy) is 8. The van der Waals surface area contributed by atoms with Crippen molar-refractivity contribution >= 4 is 78.7 Å². The van der Waals surface area contributed by atoms with Crippen molar-refractivity contribution in [2.24, 2.45) is 0 Å². The second-order valence-corrected chi connectivity index (χ2v) is 29.0. The largest absolute Gasteiger partial charge is 0.463 e. The summed E-state index contributed by atoms with van der Waals surface area (Å²) in [5.41, 5.74) is 5.47. The second-order valence-electron chi connectivity index (χ2n) is 29.0. The molecule has 4 unspecified atom stereocenters. The highest BCUT2D eigenvalue weighted by Crippen LogP contribution is 2.58. The molecule has 15 rings (SSSR count). The molecular weight excluding hydrogens is 1340 g/mol. The van der Waals surface area contributed by atoms with E-state index in [-0.39, 0.29) is 131 Å². The standard InChI is InChI=1S/C88H84N4O14/c1-49(2)55-19-27-59(28-20-55)103-71-41-65-75-66(84(94)91(83(65)93)69(39-53-15-11-9-12-16-53)87(97)99-37-35-89-45-63-47-101-63)43-73(105-61-31-23-57(24-32-61)51(5)6)79-80-74(106-62-33-25-58(26-34-62)52(7)8)44-68-76-67(42-72(78(82(76)80)77(71)81(75)79)104-60-29-21-56(22-30-60)50(3)4)85(95)92(86(68)96)70(40-54-17-13-10-14-18-54)88(98)100-38-36-90-46-64-48-102-64/h9-34,41-44,49-52,63-64,69-70,89-90H,35-40,45-48H2,1-8H3. The van der Waals surface area contributed by atoms with Gasteiger partial charge in [0.15, 0.2) is 0 Å². The van der Waals surface area contributed by atoms with Crippen LogP contribution in [-0.2, 0) is 41.4 Å². The molecule has 11 aromatic carbocycles. The van der Waals surface area contributed by atoms with E-state index in [4.69, 9.17) is 37.9 Å². The lowest BCUT2D eigenvalue weighted by Gasteiger charge is -2.35. The minimum atomic E-state index is -1.49. The molecule has 4 aliphatic heterocycles. The summed E-state index contributed by atoms with van der Waals surface area (Å²) in [5, 5.41) is 8.69. The Kier molecular flexibility index (Phi) is 19.9. The van der Waals surface area contributed by atoms with Crippen LogP contribution < -0.4 is 29.6 Å². The molecule has 540 valence electrons. The highest BCUT2D eigenvalue weighted by Gasteiger charge is 2.47. The van der Waals surface area contributed by atoms with E-state index in [0.717, 1.165) is 32.1 Å². The molecule has 4 amide bonds. The first-order valence-corrected chi connectivity index (χ1v) is 36.6. The Labute approximate surface area is 615 Å². The van der Waals surface area contributed by atoms with Gasteiger partial charge < -0.3 is 48.5 Å². The number of imide groups is 2. The smallest absolute Gasteiger partial charge is 0.329 e. The van der Waals surface area contributed by atoms with E-state index < -0.39 is 47.7 Å². The van der Waals surface area contributed by atoms with E-state index in [1.165, 1.54) is 0 Å². The number of fused-ring (bicyclic) bond motifs is 2. The molecule has 2 fully saturated rings. The van der Waals surface area contributed by atoms with Crippen LogP contribution in [0.3, 0.4) is 0 Å². The molecule has 4 atom stereocenters. The molecular formula is C88H84N4O14. The lowest BCUT2D eigenvalue weighted by molar-refractivity contribution is -0.149. The topological polar surface area (TPSA) is 213 Å². The summed E-state index contributed by atoms with van der Waals surface area (Å²) in [6, 6.07) is 52.3. The van der Waals surface area contributed by atoms with Crippen LogP contribution >= 0.6 is 0 Å². The third kappa shape index (κ3) is 14.2. The van der Waals surface area contributed by atoms with Crippen molar-refractivity contribution in [3.05, 3.63) is 238 Å². The molecule has 11 aromatic rings. The average Bonchev–Trinajstić information content (AvgIpc) is 0.696.